The van der Waals surface area contributed by atoms with E-state index in [2.05, 4.69) is 30.1 Å². The normalized spacial score (nSPS) is 14.8. The maximum absolute atomic E-state index is 12.2. The lowest BCUT2D eigenvalue weighted by Gasteiger charge is -2.36. The predicted octanol–water partition coefficient (Wildman–Crippen LogP) is 1.81. The Morgan fingerprint density at radius 3 is 2.73 bits per heavy atom. The first-order valence-electron chi connectivity index (χ1n) is 11.2. The van der Waals surface area contributed by atoms with Crippen LogP contribution in [0.3, 0.4) is 0 Å². The first-order valence-corrected chi connectivity index (χ1v) is 11.2. The van der Waals surface area contributed by atoms with Crippen molar-refractivity contribution in [3.05, 3.63) is 70.0 Å². The third kappa shape index (κ3) is 3.95. The van der Waals surface area contributed by atoms with Gasteiger partial charge in [-0.2, -0.15) is 0 Å². The SMILES string of the molecule is CCc1cc2ncc(CN3CCN(c4ccc(C(=O)NC)n5ccnc45)CC3)cc2[nH]c1=O. The molecule has 0 aliphatic carbocycles. The van der Waals surface area contributed by atoms with E-state index in [1.807, 2.05) is 48.0 Å². The molecule has 9 heteroatoms. The van der Waals surface area contributed by atoms with Crippen LogP contribution in [-0.4, -0.2) is 63.4 Å². The summed E-state index contributed by atoms with van der Waals surface area (Å²) in [6.45, 7) is 6.26. The van der Waals surface area contributed by atoms with Gasteiger partial charge in [-0.25, -0.2) is 4.98 Å². The molecule has 0 radical (unpaired) electrons. The Labute approximate surface area is 191 Å². The molecule has 0 atom stereocenters. The Morgan fingerprint density at radius 1 is 1.15 bits per heavy atom. The zero-order chi connectivity index (χ0) is 22.9. The van der Waals surface area contributed by atoms with Crippen LogP contribution >= 0.6 is 0 Å². The highest BCUT2D eigenvalue weighted by atomic mass is 16.1. The molecule has 4 aromatic heterocycles. The molecule has 1 fully saturated rings. The van der Waals surface area contributed by atoms with Gasteiger partial charge in [0.25, 0.3) is 11.5 Å². The number of carbonyl (C=O) groups excluding carboxylic acids is 1. The zero-order valence-electron chi connectivity index (χ0n) is 18.8. The Bertz CT molecular complexity index is 1380. The van der Waals surface area contributed by atoms with E-state index in [1.165, 1.54) is 0 Å². The topological polar surface area (TPSA) is 98.6 Å². The molecule has 0 saturated carbocycles. The molecule has 0 bridgehead atoms. The maximum atomic E-state index is 12.2. The summed E-state index contributed by atoms with van der Waals surface area (Å²) in [7, 11) is 1.63. The van der Waals surface area contributed by atoms with Gasteiger partial charge in [0.1, 0.15) is 5.69 Å². The van der Waals surface area contributed by atoms with Crippen molar-refractivity contribution >= 4 is 28.3 Å². The lowest BCUT2D eigenvalue weighted by molar-refractivity contribution is 0.0957. The summed E-state index contributed by atoms with van der Waals surface area (Å²) in [5.74, 6) is -0.134. The van der Waals surface area contributed by atoms with Gasteiger partial charge in [0.15, 0.2) is 5.65 Å². The summed E-state index contributed by atoms with van der Waals surface area (Å²) < 4.78 is 1.84. The highest BCUT2D eigenvalue weighted by molar-refractivity contribution is 5.94. The van der Waals surface area contributed by atoms with Gasteiger partial charge in [0, 0.05) is 63.9 Å². The number of carbonyl (C=O) groups is 1. The van der Waals surface area contributed by atoms with Gasteiger partial charge in [0.2, 0.25) is 0 Å². The van der Waals surface area contributed by atoms with Gasteiger partial charge in [0.05, 0.1) is 16.7 Å². The van der Waals surface area contributed by atoms with Crippen molar-refractivity contribution in [2.45, 2.75) is 19.9 Å². The first kappa shape index (κ1) is 21.1. The van der Waals surface area contributed by atoms with Crippen LogP contribution in [0.2, 0.25) is 0 Å². The monoisotopic (exact) mass is 445 g/mol. The Hall–Kier alpha value is -3.72. The van der Waals surface area contributed by atoms with Crippen molar-refractivity contribution in [3.63, 3.8) is 0 Å². The number of nitrogens with zero attached hydrogens (tertiary/aromatic N) is 5. The second kappa shape index (κ2) is 8.67. The van der Waals surface area contributed by atoms with Crippen molar-refractivity contribution in [2.75, 3.05) is 38.1 Å². The molecule has 4 aromatic rings. The Balaban J connectivity index is 1.29. The number of imidazole rings is 1. The minimum Gasteiger partial charge on any atom is -0.366 e. The molecule has 0 spiro atoms. The number of aromatic amines is 1. The fourth-order valence-electron chi connectivity index (χ4n) is 4.48. The number of pyridine rings is 3. The van der Waals surface area contributed by atoms with E-state index in [4.69, 9.17) is 0 Å². The van der Waals surface area contributed by atoms with Gasteiger partial charge in [-0.05, 0) is 36.2 Å². The number of anilines is 1. The van der Waals surface area contributed by atoms with E-state index in [0.717, 1.165) is 66.2 Å². The van der Waals surface area contributed by atoms with Crippen molar-refractivity contribution in [2.24, 2.45) is 0 Å². The van der Waals surface area contributed by atoms with Crippen molar-refractivity contribution in [3.8, 4) is 0 Å². The van der Waals surface area contributed by atoms with Gasteiger partial charge in [-0.3, -0.25) is 23.9 Å². The molecule has 1 aliphatic heterocycles. The zero-order valence-corrected chi connectivity index (χ0v) is 18.8. The fourth-order valence-corrected chi connectivity index (χ4v) is 4.48. The maximum Gasteiger partial charge on any atom is 0.268 e. The number of aromatic nitrogens is 4. The molecular weight excluding hydrogens is 418 g/mol. The smallest absolute Gasteiger partial charge is 0.268 e. The van der Waals surface area contributed by atoms with Gasteiger partial charge < -0.3 is 15.2 Å². The van der Waals surface area contributed by atoms with E-state index in [9.17, 15) is 9.59 Å². The molecule has 5 rings (SSSR count). The Kier molecular flexibility index (Phi) is 5.55. The van der Waals surface area contributed by atoms with Crippen molar-refractivity contribution < 1.29 is 4.79 Å². The quantitative estimate of drug-likeness (QED) is 0.486. The van der Waals surface area contributed by atoms with Crippen LogP contribution in [0.25, 0.3) is 16.7 Å². The van der Waals surface area contributed by atoms with Crippen molar-refractivity contribution in [1.29, 1.82) is 0 Å². The van der Waals surface area contributed by atoms with Crippen LogP contribution in [0.5, 0.6) is 0 Å². The largest absolute Gasteiger partial charge is 0.366 e. The number of amides is 1. The van der Waals surface area contributed by atoms with E-state index >= 15 is 0 Å². The molecule has 1 saturated heterocycles. The molecular formula is C24H27N7O2. The minimum atomic E-state index is -0.134. The van der Waals surface area contributed by atoms with Crippen LogP contribution in [0.4, 0.5) is 5.69 Å². The minimum absolute atomic E-state index is 0.0368. The number of nitrogens with one attached hydrogen (secondary N) is 2. The molecule has 2 N–H and O–H groups in total. The molecule has 0 unspecified atom stereocenters. The number of hydrogen-bond acceptors (Lipinski definition) is 6. The fraction of sp³-hybridized carbons (Fsp3) is 0.333. The summed E-state index contributed by atoms with van der Waals surface area (Å²) in [5, 5.41) is 2.68. The molecule has 5 heterocycles. The van der Waals surface area contributed by atoms with E-state index in [-0.39, 0.29) is 11.5 Å². The van der Waals surface area contributed by atoms with Crippen LogP contribution in [0, 0.1) is 0 Å². The number of fused-ring (bicyclic) bond motifs is 2. The standard InChI is InChI=1S/C24H27N7O2/c1-3-17-13-18-19(28-23(17)32)12-16(14-27-18)15-29-8-10-30(11-9-29)20-4-5-21(24(33)25-2)31-7-6-26-22(20)31/h4-7,12-14H,3,8-11,15H2,1-2H3,(H,25,33)(H,28,32). The molecule has 1 aliphatic rings. The molecule has 9 nitrogen and oxygen atoms in total. The third-order valence-corrected chi connectivity index (χ3v) is 6.31. The summed E-state index contributed by atoms with van der Waals surface area (Å²) >= 11 is 0. The molecule has 170 valence electrons. The number of rotatable bonds is 5. The van der Waals surface area contributed by atoms with Gasteiger partial charge in [-0.15, -0.1) is 0 Å². The van der Waals surface area contributed by atoms with Crippen LogP contribution in [-0.2, 0) is 13.0 Å². The van der Waals surface area contributed by atoms with E-state index in [1.54, 1.807) is 13.2 Å². The third-order valence-electron chi connectivity index (χ3n) is 6.31. The summed E-state index contributed by atoms with van der Waals surface area (Å²) in [4.78, 5) is 41.0. The molecule has 33 heavy (non-hydrogen) atoms. The number of hydrogen-bond donors (Lipinski definition) is 2. The second-order valence-corrected chi connectivity index (χ2v) is 8.32. The van der Waals surface area contributed by atoms with E-state index in [0.29, 0.717) is 12.1 Å². The van der Waals surface area contributed by atoms with E-state index < -0.39 is 0 Å². The van der Waals surface area contributed by atoms with Crippen LogP contribution in [0.15, 0.2) is 47.7 Å². The molecule has 0 aromatic carbocycles. The lowest BCUT2D eigenvalue weighted by Crippen LogP contribution is -2.46. The Morgan fingerprint density at radius 2 is 1.97 bits per heavy atom. The summed E-state index contributed by atoms with van der Waals surface area (Å²) in [6, 6.07) is 7.74. The number of H-pyrrole nitrogens is 1. The average Bonchev–Trinajstić information content (AvgIpc) is 3.33. The molecule has 1 amide bonds. The van der Waals surface area contributed by atoms with Crippen LogP contribution < -0.4 is 15.8 Å². The summed E-state index contributed by atoms with van der Waals surface area (Å²) in [6.07, 6.45) is 6.14. The van der Waals surface area contributed by atoms with Crippen molar-refractivity contribution in [1.82, 2.24) is 29.6 Å². The number of aryl methyl sites for hydroxylation is 1. The second-order valence-electron chi connectivity index (χ2n) is 8.32. The summed E-state index contributed by atoms with van der Waals surface area (Å²) in [5.41, 5.74) is 5.80. The highest BCUT2D eigenvalue weighted by Gasteiger charge is 2.21. The average molecular weight is 446 g/mol. The van der Waals surface area contributed by atoms with Crippen LogP contribution in [0.1, 0.15) is 28.5 Å². The highest BCUT2D eigenvalue weighted by Crippen LogP contribution is 2.24. The van der Waals surface area contributed by atoms with Gasteiger partial charge in [-0.1, -0.05) is 6.92 Å². The van der Waals surface area contributed by atoms with Gasteiger partial charge >= 0.3 is 0 Å². The first-order chi connectivity index (χ1) is 16.1. The number of piperazine rings is 1. The lowest BCUT2D eigenvalue weighted by atomic mass is 10.1. The predicted molar refractivity (Wildman–Crippen MR) is 128 cm³/mol.